The molecule has 1 saturated heterocycles. The van der Waals surface area contributed by atoms with Gasteiger partial charge in [-0.15, -0.1) is 0 Å². The lowest BCUT2D eigenvalue weighted by atomic mass is 10.0. The molecule has 0 aliphatic carbocycles. The van der Waals surface area contributed by atoms with Crippen molar-refractivity contribution in [1.82, 2.24) is 4.90 Å². The second-order valence-electron chi connectivity index (χ2n) is 7.70. The summed E-state index contributed by atoms with van der Waals surface area (Å²) < 4.78 is 10.7. The number of rotatable bonds is 4. The van der Waals surface area contributed by atoms with Gasteiger partial charge in [-0.25, -0.2) is 4.79 Å². The van der Waals surface area contributed by atoms with E-state index in [0.717, 1.165) is 25.1 Å². The molecule has 2 heterocycles. The van der Waals surface area contributed by atoms with Crippen LogP contribution < -0.4 is 20.1 Å². The van der Waals surface area contributed by atoms with Gasteiger partial charge in [0.05, 0.1) is 0 Å². The van der Waals surface area contributed by atoms with Gasteiger partial charge in [-0.2, -0.15) is 0 Å². The SMILES string of the molecule is CC(C)c1ccc(N[C@H]2CCCN(C(=O)Nc3ccc4c(c3)OCO4)C2)cc1. The van der Waals surface area contributed by atoms with Crippen LogP contribution in [-0.4, -0.2) is 36.9 Å². The standard InChI is InChI=1S/C22H27N3O3/c1-15(2)16-5-7-17(8-6-16)23-19-4-3-11-25(13-19)22(26)24-18-9-10-20-21(12-18)28-14-27-20/h5-10,12,15,19,23H,3-4,11,13-14H2,1-2H3,(H,24,26)/t19-/m0/s1. The lowest BCUT2D eigenvalue weighted by Crippen LogP contribution is -2.46. The molecule has 28 heavy (non-hydrogen) atoms. The van der Waals surface area contributed by atoms with Crippen molar-refractivity contribution in [2.24, 2.45) is 0 Å². The van der Waals surface area contributed by atoms with E-state index < -0.39 is 0 Å². The Morgan fingerprint density at radius 3 is 2.61 bits per heavy atom. The topological polar surface area (TPSA) is 62.8 Å². The van der Waals surface area contributed by atoms with Gasteiger partial charge in [0.1, 0.15) is 0 Å². The van der Waals surface area contributed by atoms with E-state index in [1.807, 2.05) is 17.0 Å². The molecule has 0 radical (unpaired) electrons. The first kappa shape index (κ1) is 18.5. The van der Waals surface area contributed by atoms with E-state index in [2.05, 4.69) is 48.7 Å². The molecule has 2 amide bonds. The smallest absolute Gasteiger partial charge is 0.321 e. The molecule has 2 aliphatic heterocycles. The highest BCUT2D eigenvalue weighted by atomic mass is 16.7. The monoisotopic (exact) mass is 381 g/mol. The summed E-state index contributed by atoms with van der Waals surface area (Å²) in [6.07, 6.45) is 2.04. The molecule has 2 aromatic rings. The largest absolute Gasteiger partial charge is 0.454 e. The number of fused-ring (bicyclic) bond motifs is 1. The minimum atomic E-state index is -0.0829. The summed E-state index contributed by atoms with van der Waals surface area (Å²) in [4.78, 5) is 14.6. The van der Waals surface area contributed by atoms with Crippen LogP contribution in [0, 0.1) is 0 Å². The van der Waals surface area contributed by atoms with Crippen molar-refractivity contribution in [1.29, 1.82) is 0 Å². The predicted molar refractivity (Wildman–Crippen MR) is 110 cm³/mol. The molecule has 0 spiro atoms. The van der Waals surface area contributed by atoms with Crippen LogP contribution in [0.5, 0.6) is 11.5 Å². The number of urea groups is 1. The molecular formula is C22H27N3O3. The minimum absolute atomic E-state index is 0.0829. The zero-order chi connectivity index (χ0) is 19.5. The molecule has 4 rings (SSSR count). The number of amides is 2. The fraction of sp³-hybridized carbons (Fsp3) is 0.409. The van der Waals surface area contributed by atoms with Gasteiger partial charge in [-0.3, -0.25) is 0 Å². The average molecular weight is 381 g/mol. The number of nitrogens with zero attached hydrogens (tertiary/aromatic N) is 1. The summed E-state index contributed by atoms with van der Waals surface area (Å²) in [6, 6.07) is 14.2. The Hall–Kier alpha value is -2.89. The van der Waals surface area contributed by atoms with Gasteiger partial charge in [-0.1, -0.05) is 26.0 Å². The Labute approximate surface area is 165 Å². The van der Waals surface area contributed by atoms with Crippen molar-refractivity contribution in [2.75, 3.05) is 30.5 Å². The number of anilines is 2. The average Bonchev–Trinajstić information content (AvgIpc) is 3.16. The molecule has 2 N–H and O–H groups in total. The maximum absolute atomic E-state index is 12.7. The second kappa shape index (κ2) is 8.00. The first-order valence-corrected chi connectivity index (χ1v) is 9.90. The Balaban J connectivity index is 1.34. The highest BCUT2D eigenvalue weighted by molar-refractivity contribution is 5.90. The van der Waals surface area contributed by atoms with Crippen LogP contribution in [0.4, 0.5) is 16.2 Å². The quantitative estimate of drug-likeness (QED) is 0.809. The third-order valence-electron chi connectivity index (χ3n) is 5.28. The summed E-state index contributed by atoms with van der Waals surface area (Å²) in [5.74, 6) is 1.91. The highest BCUT2D eigenvalue weighted by Crippen LogP contribution is 2.34. The maximum atomic E-state index is 12.7. The molecular weight excluding hydrogens is 354 g/mol. The summed E-state index contributed by atoms with van der Waals surface area (Å²) >= 11 is 0. The van der Waals surface area contributed by atoms with Crippen LogP contribution in [0.25, 0.3) is 0 Å². The Morgan fingerprint density at radius 2 is 1.82 bits per heavy atom. The zero-order valence-corrected chi connectivity index (χ0v) is 16.4. The van der Waals surface area contributed by atoms with Crippen LogP contribution in [-0.2, 0) is 0 Å². The van der Waals surface area contributed by atoms with Gasteiger partial charge in [-0.05, 0) is 48.6 Å². The van der Waals surface area contributed by atoms with E-state index in [4.69, 9.17) is 9.47 Å². The van der Waals surface area contributed by atoms with Crippen molar-refractivity contribution in [3.05, 3.63) is 48.0 Å². The van der Waals surface area contributed by atoms with Gasteiger partial charge in [0.25, 0.3) is 0 Å². The van der Waals surface area contributed by atoms with Crippen LogP contribution >= 0.6 is 0 Å². The zero-order valence-electron chi connectivity index (χ0n) is 16.4. The van der Waals surface area contributed by atoms with E-state index in [9.17, 15) is 4.79 Å². The number of benzene rings is 2. The molecule has 148 valence electrons. The molecule has 1 fully saturated rings. The van der Waals surface area contributed by atoms with Crippen molar-refractivity contribution >= 4 is 17.4 Å². The first-order valence-electron chi connectivity index (χ1n) is 9.90. The van der Waals surface area contributed by atoms with Crippen LogP contribution in [0.1, 0.15) is 38.2 Å². The minimum Gasteiger partial charge on any atom is -0.454 e. The Morgan fingerprint density at radius 1 is 1.07 bits per heavy atom. The molecule has 0 saturated carbocycles. The third-order valence-corrected chi connectivity index (χ3v) is 5.28. The van der Waals surface area contributed by atoms with Gasteiger partial charge in [0, 0.05) is 36.6 Å². The van der Waals surface area contributed by atoms with Crippen molar-refractivity contribution in [3.63, 3.8) is 0 Å². The Bertz CT molecular complexity index is 835. The summed E-state index contributed by atoms with van der Waals surface area (Å²) in [5, 5.41) is 6.54. The van der Waals surface area contributed by atoms with Crippen LogP contribution in [0.2, 0.25) is 0 Å². The third kappa shape index (κ3) is 4.16. The first-order chi connectivity index (χ1) is 13.6. The van der Waals surface area contributed by atoms with E-state index in [1.54, 1.807) is 6.07 Å². The molecule has 1 atom stereocenters. The fourth-order valence-electron chi connectivity index (χ4n) is 3.66. The number of piperidine rings is 1. The van der Waals surface area contributed by atoms with E-state index in [1.165, 1.54) is 5.56 Å². The number of hydrogen-bond acceptors (Lipinski definition) is 4. The lowest BCUT2D eigenvalue weighted by Gasteiger charge is -2.33. The lowest BCUT2D eigenvalue weighted by molar-refractivity contribution is 0.174. The molecule has 6 nitrogen and oxygen atoms in total. The number of nitrogens with one attached hydrogen (secondary N) is 2. The molecule has 2 aromatic carbocycles. The number of ether oxygens (including phenoxy) is 2. The van der Waals surface area contributed by atoms with E-state index >= 15 is 0 Å². The maximum Gasteiger partial charge on any atom is 0.321 e. The predicted octanol–water partition coefficient (Wildman–Crippen LogP) is 4.65. The number of carbonyl (C=O) groups excluding carboxylic acids is 1. The Kier molecular flexibility index (Phi) is 5.28. The van der Waals surface area contributed by atoms with E-state index in [0.29, 0.717) is 29.6 Å². The molecule has 0 bridgehead atoms. The van der Waals surface area contributed by atoms with Crippen LogP contribution in [0.3, 0.4) is 0 Å². The molecule has 2 aliphatic rings. The van der Waals surface area contributed by atoms with Crippen molar-refractivity contribution < 1.29 is 14.3 Å². The van der Waals surface area contributed by atoms with Crippen molar-refractivity contribution in [2.45, 2.75) is 38.6 Å². The normalized spacial score (nSPS) is 18.2. The van der Waals surface area contributed by atoms with Crippen molar-refractivity contribution in [3.8, 4) is 11.5 Å². The fourth-order valence-corrected chi connectivity index (χ4v) is 3.66. The van der Waals surface area contributed by atoms with Gasteiger partial charge < -0.3 is 25.0 Å². The molecule has 6 heteroatoms. The van der Waals surface area contributed by atoms with Gasteiger partial charge in [0.15, 0.2) is 11.5 Å². The number of carbonyl (C=O) groups is 1. The van der Waals surface area contributed by atoms with Crippen LogP contribution in [0.15, 0.2) is 42.5 Å². The summed E-state index contributed by atoms with van der Waals surface area (Å²) in [6.45, 7) is 6.06. The highest BCUT2D eigenvalue weighted by Gasteiger charge is 2.24. The van der Waals surface area contributed by atoms with Gasteiger partial charge >= 0.3 is 6.03 Å². The second-order valence-corrected chi connectivity index (χ2v) is 7.70. The number of hydrogen-bond donors (Lipinski definition) is 2. The molecule has 0 aromatic heterocycles. The summed E-state index contributed by atoms with van der Waals surface area (Å²) in [7, 11) is 0. The summed E-state index contributed by atoms with van der Waals surface area (Å²) in [5.41, 5.74) is 3.15. The molecule has 0 unspecified atom stereocenters. The van der Waals surface area contributed by atoms with E-state index in [-0.39, 0.29) is 18.9 Å². The van der Waals surface area contributed by atoms with Gasteiger partial charge in [0.2, 0.25) is 6.79 Å². The number of likely N-dealkylation sites (tertiary alicyclic amines) is 1.